The van der Waals surface area contributed by atoms with Crippen molar-refractivity contribution < 1.29 is 4.79 Å². The Morgan fingerprint density at radius 1 is 1.41 bits per heavy atom. The molecule has 3 N–H and O–H groups in total. The van der Waals surface area contributed by atoms with Gasteiger partial charge in [-0.1, -0.05) is 19.3 Å². The summed E-state index contributed by atoms with van der Waals surface area (Å²) in [6.45, 7) is 0. The van der Waals surface area contributed by atoms with Crippen LogP contribution in [0.3, 0.4) is 0 Å². The first-order valence-corrected chi connectivity index (χ1v) is 6.25. The van der Waals surface area contributed by atoms with E-state index in [1.165, 1.54) is 32.1 Å². The van der Waals surface area contributed by atoms with E-state index in [-0.39, 0.29) is 5.91 Å². The van der Waals surface area contributed by atoms with Crippen molar-refractivity contribution in [3.63, 3.8) is 0 Å². The number of rotatable bonds is 3. The predicted molar refractivity (Wildman–Crippen MR) is 68.5 cm³/mol. The highest BCUT2D eigenvalue weighted by molar-refractivity contribution is 5.93. The van der Waals surface area contributed by atoms with Crippen LogP contribution in [-0.4, -0.2) is 10.9 Å². The smallest absolute Gasteiger partial charge is 0.224 e. The van der Waals surface area contributed by atoms with Gasteiger partial charge in [-0.05, 0) is 24.8 Å². The zero-order valence-corrected chi connectivity index (χ0v) is 9.98. The maximum Gasteiger partial charge on any atom is 0.224 e. The highest BCUT2D eigenvalue weighted by atomic mass is 16.1. The number of anilines is 2. The van der Waals surface area contributed by atoms with Gasteiger partial charge in [0.1, 0.15) is 0 Å². The molecule has 1 aliphatic carbocycles. The summed E-state index contributed by atoms with van der Waals surface area (Å²) >= 11 is 0. The Bertz CT molecular complexity index is 386. The van der Waals surface area contributed by atoms with Gasteiger partial charge in [-0.3, -0.25) is 9.78 Å². The molecule has 1 aliphatic rings. The molecule has 0 bridgehead atoms. The van der Waals surface area contributed by atoms with Crippen LogP contribution in [0, 0.1) is 5.92 Å². The Hall–Kier alpha value is -1.58. The predicted octanol–water partition coefficient (Wildman–Crippen LogP) is 2.57. The van der Waals surface area contributed by atoms with Gasteiger partial charge in [0, 0.05) is 12.6 Å². The lowest BCUT2D eigenvalue weighted by atomic mass is 9.87. The Kier molecular flexibility index (Phi) is 3.96. The summed E-state index contributed by atoms with van der Waals surface area (Å²) in [5, 5.41) is 2.85. The summed E-state index contributed by atoms with van der Waals surface area (Å²) in [5.74, 6) is 0.613. The summed E-state index contributed by atoms with van der Waals surface area (Å²) in [5.41, 5.74) is 6.91. The normalized spacial score (nSPS) is 16.7. The second kappa shape index (κ2) is 5.66. The molecule has 17 heavy (non-hydrogen) atoms. The van der Waals surface area contributed by atoms with Crippen molar-refractivity contribution in [2.75, 3.05) is 11.1 Å². The minimum atomic E-state index is 0.0646. The molecule has 4 heteroatoms. The van der Waals surface area contributed by atoms with Crippen LogP contribution in [0.5, 0.6) is 0 Å². The number of pyridine rings is 1. The minimum Gasteiger partial charge on any atom is -0.396 e. The van der Waals surface area contributed by atoms with Crippen molar-refractivity contribution in [3.8, 4) is 0 Å². The monoisotopic (exact) mass is 233 g/mol. The molecule has 4 nitrogen and oxygen atoms in total. The lowest BCUT2D eigenvalue weighted by Crippen LogP contribution is -2.18. The Morgan fingerprint density at radius 2 is 2.18 bits per heavy atom. The number of nitrogens with zero attached hydrogens (tertiary/aromatic N) is 1. The number of hydrogen-bond acceptors (Lipinski definition) is 3. The molecule has 0 aromatic carbocycles. The van der Waals surface area contributed by atoms with Crippen molar-refractivity contribution in [2.45, 2.75) is 38.5 Å². The molecule has 0 atom stereocenters. The number of carbonyl (C=O) groups is 1. The van der Waals surface area contributed by atoms with E-state index in [0.29, 0.717) is 23.7 Å². The third-order valence-corrected chi connectivity index (χ3v) is 3.32. The standard InChI is InChI=1S/C13H19N3O/c14-11-9-15-7-6-12(11)16-13(17)8-10-4-2-1-3-5-10/h6-7,9-10H,1-5,8,14H2,(H,15,16,17). The second-order valence-electron chi connectivity index (χ2n) is 4.72. The summed E-state index contributed by atoms with van der Waals surface area (Å²) in [4.78, 5) is 15.7. The molecule has 0 unspecified atom stereocenters. The quantitative estimate of drug-likeness (QED) is 0.843. The van der Waals surface area contributed by atoms with E-state index < -0.39 is 0 Å². The van der Waals surface area contributed by atoms with E-state index in [9.17, 15) is 4.79 Å². The number of nitrogens with one attached hydrogen (secondary N) is 1. The summed E-state index contributed by atoms with van der Waals surface area (Å²) < 4.78 is 0. The highest BCUT2D eigenvalue weighted by Crippen LogP contribution is 2.27. The van der Waals surface area contributed by atoms with Crippen LogP contribution >= 0.6 is 0 Å². The fourth-order valence-corrected chi connectivity index (χ4v) is 2.38. The molecule has 0 radical (unpaired) electrons. The maximum absolute atomic E-state index is 11.8. The molecular weight excluding hydrogens is 214 g/mol. The molecule has 1 saturated carbocycles. The van der Waals surface area contributed by atoms with Crippen molar-refractivity contribution in [3.05, 3.63) is 18.5 Å². The molecule has 92 valence electrons. The van der Waals surface area contributed by atoms with Crippen LogP contribution in [0.1, 0.15) is 38.5 Å². The summed E-state index contributed by atoms with van der Waals surface area (Å²) in [6.07, 6.45) is 9.99. The maximum atomic E-state index is 11.8. The highest BCUT2D eigenvalue weighted by Gasteiger charge is 2.17. The molecule has 1 amide bonds. The molecule has 2 rings (SSSR count). The molecule has 0 saturated heterocycles. The summed E-state index contributed by atoms with van der Waals surface area (Å²) in [6, 6.07) is 1.73. The van der Waals surface area contributed by atoms with E-state index in [1.54, 1.807) is 18.5 Å². The van der Waals surface area contributed by atoms with Gasteiger partial charge < -0.3 is 11.1 Å². The second-order valence-corrected chi connectivity index (χ2v) is 4.72. The fourth-order valence-electron chi connectivity index (χ4n) is 2.38. The number of carbonyl (C=O) groups excluding carboxylic acids is 1. The number of hydrogen-bond donors (Lipinski definition) is 2. The van der Waals surface area contributed by atoms with Crippen molar-refractivity contribution >= 4 is 17.3 Å². The Labute approximate surface area is 102 Å². The van der Waals surface area contributed by atoms with Crippen LogP contribution in [-0.2, 0) is 4.79 Å². The van der Waals surface area contributed by atoms with E-state index in [2.05, 4.69) is 10.3 Å². The topological polar surface area (TPSA) is 68.0 Å². The molecular formula is C13H19N3O. The van der Waals surface area contributed by atoms with Crippen LogP contribution in [0.2, 0.25) is 0 Å². The van der Waals surface area contributed by atoms with Gasteiger partial charge >= 0.3 is 0 Å². The van der Waals surface area contributed by atoms with E-state index >= 15 is 0 Å². The zero-order valence-electron chi connectivity index (χ0n) is 9.98. The van der Waals surface area contributed by atoms with Gasteiger partial charge in [-0.25, -0.2) is 0 Å². The van der Waals surface area contributed by atoms with E-state index in [4.69, 9.17) is 5.73 Å². The van der Waals surface area contributed by atoms with Crippen LogP contribution < -0.4 is 11.1 Å². The molecule has 0 spiro atoms. The number of nitrogen functional groups attached to an aromatic ring is 1. The zero-order chi connectivity index (χ0) is 12.1. The number of aromatic nitrogens is 1. The van der Waals surface area contributed by atoms with E-state index in [0.717, 1.165) is 0 Å². The van der Waals surface area contributed by atoms with Crippen molar-refractivity contribution in [2.24, 2.45) is 5.92 Å². The van der Waals surface area contributed by atoms with Gasteiger partial charge in [-0.15, -0.1) is 0 Å². The Morgan fingerprint density at radius 3 is 2.88 bits per heavy atom. The fraction of sp³-hybridized carbons (Fsp3) is 0.538. The van der Waals surface area contributed by atoms with Crippen LogP contribution in [0.4, 0.5) is 11.4 Å². The third kappa shape index (κ3) is 3.44. The van der Waals surface area contributed by atoms with Gasteiger partial charge in [0.15, 0.2) is 0 Å². The van der Waals surface area contributed by atoms with Gasteiger partial charge in [0.05, 0.1) is 17.6 Å². The molecule has 1 fully saturated rings. The number of nitrogens with two attached hydrogens (primary N) is 1. The first-order chi connectivity index (χ1) is 8.25. The average Bonchev–Trinajstić information content (AvgIpc) is 2.33. The lowest BCUT2D eigenvalue weighted by molar-refractivity contribution is -0.117. The van der Waals surface area contributed by atoms with Gasteiger partial charge in [0.25, 0.3) is 0 Å². The van der Waals surface area contributed by atoms with Gasteiger partial charge in [0.2, 0.25) is 5.91 Å². The van der Waals surface area contributed by atoms with Crippen molar-refractivity contribution in [1.29, 1.82) is 0 Å². The van der Waals surface area contributed by atoms with Gasteiger partial charge in [-0.2, -0.15) is 0 Å². The largest absolute Gasteiger partial charge is 0.396 e. The SMILES string of the molecule is Nc1cnccc1NC(=O)CC1CCCCC1. The third-order valence-electron chi connectivity index (χ3n) is 3.32. The first kappa shape index (κ1) is 11.9. The average molecular weight is 233 g/mol. The van der Waals surface area contributed by atoms with E-state index in [1.807, 2.05) is 0 Å². The summed E-state index contributed by atoms with van der Waals surface area (Å²) in [7, 11) is 0. The molecule has 1 heterocycles. The van der Waals surface area contributed by atoms with Crippen LogP contribution in [0.15, 0.2) is 18.5 Å². The number of amides is 1. The van der Waals surface area contributed by atoms with Crippen molar-refractivity contribution in [1.82, 2.24) is 4.98 Å². The molecule has 0 aliphatic heterocycles. The lowest BCUT2D eigenvalue weighted by Gasteiger charge is -2.20. The molecule has 1 aromatic rings. The minimum absolute atomic E-state index is 0.0646. The Balaban J connectivity index is 1.86. The van der Waals surface area contributed by atoms with Crippen LogP contribution in [0.25, 0.3) is 0 Å². The first-order valence-electron chi connectivity index (χ1n) is 6.25. The molecule has 1 aromatic heterocycles.